The molecule has 3 rings (SSSR count). The van der Waals surface area contributed by atoms with Gasteiger partial charge in [-0.15, -0.1) is 0 Å². The lowest BCUT2D eigenvalue weighted by molar-refractivity contribution is 0.367. The van der Waals surface area contributed by atoms with Gasteiger partial charge in [-0.2, -0.15) is 5.10 Å². The number of rotatable bonds is 3. The molecule has 1 aromatic carbocycles. The molecular formula is C14H18N4. The van der Waals surface area contributed by atoms with Gasteiger partial charge in [-0.05, 0) is 31.8 Å². The van der Waals surface area contributed by atoms with Crippen LogP contribution in [0, 0.1) is 5.92 Å². The van der Waals surface area contributed by atoms with Gasteiger partial charge in [0.05, 0.1) is 0 Å². The molecule has 4 nitrogen and oxygen atoms in total. The van der Waals surface area contributed by atoms with Gasteiger partial charge >= 0.3 is 0 Å². The van der Waals surface area contributed by atoms with Crippen LogP contribution in [0.25, 0.3) is 11.4 Å². The summed E-state index contributed by atoms with van der Waals surface area (Å²) in [6, 6.07) is 10.1. The molecule has 4 heteroatoms. The van der Waals surface area contributed by atoms with Gasteiger partial charge in [0.2, 0.25) is 0 Å². The van der Waals surface area contributed by atoms with Crippen LogP contribution in [0.5, 0.6) is 0 Å². The summed E-state index contributed by atoms with van der Waals surface area (Å²) in [5, 5.41) is 10.8. The highest BCUT2D eigenvalue weighted by molar-refractivity contribution is 5.53. The first kappa shape index (κ1) is 11.4. The van der Waals surface area contributed by atoms with E-state index in [9.17, 15) is 0 Å². The Balaban J connectivity index is 1.69. The molecule has 2 heterocycles. The van der Waals surface area contributed by atoms with E-state index in [-0.39, 0.29) is 0 Å². The van der Waals surface area contributed by atoms with Crippen molar-refractivity contribution in [2.24, 2.45) is 5.92 Å². The van der Waals surface area contributed by atoms with E-state index in [4.69, 9.17) is 0 Å². The molecule has 0 aliphatic carbocycles. The van der Waals surface area contributed by atoms with Crippen molar-refractivity contribution in [3.05, 3.63) is 36.2 Å². The molecule has 0 unspecified atom stereocenters. The van der Waals surface area contributed by atoms with E-state index in [0.717, 1.165) is 42.6 Å². The number of benzene rings is 1. The highest BCUT2D eigenvalue weighted by Crippen LogP contribution is 2.18. The molecule has 1 aromatic heterocycles. The van der Waals surface area contributed by atoms with Crippen molar-refractivity contribution < 1.29 is 0 Å². The predicted molar refractivity (Wildman–Crippen MR) is 71.1 cm³/mol. The van der Waals surface area contributed by atoms with Crippen LogP contribution in [0.1, 0.15) is 18.7 Å². The second kappa shape index (κ2) is 5.31. The van der Waals surface area contributed by atoms with Crippen molar-refractivity contribution >= 4 is 0 Å². The lowest BCUT2D eigenvalue weighted by Crippen LogP contribution is -2.28. The Morgan fingerprint density at radius 3 is 2.67 bits per heavy atom. The number of H-pyrrole nitrogens is 1. The van der Waals surface area contributed by atoms with E-state index in [2.05, 4.69) is 20.5 Å². The fraction of sp³-hybridized carbons (Fsp3) is 0.429. The number of piperidine rings is 1. The zero-order valence-electron chi connectivity index (χ0n) is 10.4. The van der Waals surface area contributed by atoms with Crippen molar-refractivity contribution in [3.63, 3.8) is 0 Å². The molecule has 0 bridgehead atoms. The van der Waals surface area contributed by atoms with E-state index in [1.165, 1.54) is 12.8 Å². The van der Waals surface area contributed by atoms with E-state index >= 15 is 0 Å². The third-order valence-electron chi connectivity index (χ3n) is 3.50. The van der Waals surface area contributed by atoms with Gasteiger partial charge in [-0.3, -0.25) is 5.10 Å². The molecule has 0 atom stereocenters. The van der Waals surface area contributed by atoms with E-state index < -0.39 is 0 Å². The Hall–Kier alpha value is -1.68. The average molecular weight is 242 g/mol. The van der Waals surface area contributed by atoms with Gasteiger partial charge in [-0.25, -0.2) is 4.98 Å². The number of nitrogens with zero attached hydrogens (tertiary/aromatic N) is 2. The normalized spacial score (nSPS) is 16.9. The van der Waals surface area contributed by atoms with Crippen LogP contribution in [0.15, 0.2) is 30.3 Å². The number of hydrogen-bond acceptors (Lipinski definition) is 3. The average Bonchev–Trinajstić information content (AvgIpc) is 2.89. The molecule has 18 heavy (non-hydrogen) atoms. The number of nitrogens with one attached hydrogen (secondary N) is 2. The van der Waals surface area contributed by atoms with Crippen LogP contribution >= 0.6 is 0 Å². The Morgan fingerprint density at radius 2 is 1.89 bits per heavy atom. The zero-order chi connectivity index (χ0) is 12.2. The first-order valence-electron chi connectivity index (χ1n) is 6.59. The minimum atomic E-state index is 0.739. The predicted octanol–water partition coefficient (Wildman–Crippen LogP) is 2.01. The maximum absolute atomic E-state index is 4.59. The Bertz CT molecular complexity index is 486. The second-order valence-corrected chi connectivity index (χ2v) is 4.87. The smallest absolute Gasteiger partial charge is 0.181 e. The molecule has 1 saturated heterocycles. The first-order chi connectivity index (χ1) is 8.92. The maximum Gasteiger partial charge on any atom is 0.181 e. The summed E-state index contributed by atoms with van der Waals surface area (Å²) in [5.74, 6) is 2.56. The van der Waals surface area contributed by atoms with E-state index in [0.29, 0.717) is 0 Å². The third kappa shape index (κ3) is 2.59. The molecule has 1 fully saturated rings. The minimum absolute atomic E-state index is 0.739. The summed E-state index contributed by atoms with van der Waals surface area (Å²) in [7, 11) is 0. The highest BCUT2D eigenvalue weighted by atomic mass is 15.2. The molecule has 1 aliphatic heterocycles. The van der Waals surface area contributed by atoms with E-state index in [1.54, 1.807) is 0 Å². The highest BCUT2D eigenvalue weighted by Gasteiger charge is 2.15. The summed E-state index contributed by atoms with van der Waals surface area (Å²) >= 11 is 0. The number of aromatic nitrogens is 3. The summed E-state index contributed by atoms with van der Waals surface area (Å²) in [6.45, 7) is 2.26. The van der Waals surface area contributed by atoms with Crippen molar-refractivity contribution in [2.45, 2.75) is 19.3 Å². The molecule has 0 spiro atoms. The Labute approximate surface area is 107 Å². The fourth-order valence-corrected chi connectivity index (χ4v) is 2.46. The summed E-state index contributed by atoms with van der Waals surface area (Å²) < 4.78 is 0. The number of aromatic amines is 1. The molecule has 94 valence electrons. The second-order valence-electron chi connectivity index (χ2n) is 4.87. The summed E-state index contributed by atoms with van der Waals surface area (Å²) in [6.07, 6.45) is 3.49. The standard InChI is InChI=1S/C14H18N4/c1-2-4-12(5-3-1)14-16-13(17-18-14)10-11-6-8-15-9-7-11/h1-5,11,15H,6-10H2,(H,16,17,18). The molecule has 1 aliphatic rings. The molecule has 0 saturated carbocycles. The van der Waals surface area contributed by atoms with Crippen LogP contribution in [-0.4, -0.2) is 28.3 Å². The monoisotopic (exact) mass is 242 g/mol. The molecule has 0 amide bonds. The van der Waals surface area contributed by atoms with Crippen LogP contribution < -0.4 is 5.32 Å². The summed E-state index contributed by atoms with van der Waals surface area (Å²) in [4.78, 5) is 4.59. The van der Waals surface area contributed by atoms with E-state index in [1.807, 2.05) is 30.3 Å². The van der Waals surface area contributed by atoms with Crippen molar-refractivity contribution in [2.75, 3.05) is 13.1 Å². The minimum Gasteiger partial charge on any atom is -0.317 e. The molecule has 2 N–H and O–H groups in total. The SMILES string of the molecule is c1ccc(-c2n[nH]c(CC3CCNCC3)n2)cc1. The van der Waals surface area contributed by atoms with Gasteiger partial charge < -0.3 is 5.32 Å². The van der Waals surface area contributed by atoms with Crippen LogP contribution in [0.3, 0.4) is 0 Å². The first-order valence-corrected chi connectivity index (χ1v) is 6.59. The lowest BCUT2D eigenvalue weighted by Gasteiger charge is -2.21. The zero-order valence-corrected chi connectivity index (χ0v) is 10.4. The van der Waals surface area contributed by atoms with Crippen molar-refractivity contribution in [1.29, 1.82) is 0 Å². The van der Waals surface area contributed by atoms with Gasteiger partial charge in [0.25, 0.3) is 0 Å². The topological polar surface area (TPSA) is 53.6 Å². The Morgan fingerprint density at radius 1 is 1.11 bits per heavy atom. The largest absolute Gasteiger partial charge is 0.317 e. The lowest BCUT2D eigenvalue weighted by atomic mass is 9.94. The number of hydrogen-bond donors (Lipinski definition) is 2. The van der Waals surface area contributed by atoms with Crippen molar-refractivity contribution in [3.8, 4) is 11.4 Å². The molecule has 2 aromatic rings. The van der Waals surface area contributed by atoms with Gasteiger partial charge in [-0.1, -0.05) is 30.3 Å². The Kier molecular flexibility index (Phi) is 3.37. The quantitative estimate of drug-likeness (QED) is 0.865. The third-order valence-corrected chi connectivity index (χ3v) is 3.50. The van der Waals surface area contributed by atoms with Crippen LogP contribution in [-0.2, 0) is 6.42 Å². The van der Waals surface area contributed by atoms with Gasteiger partial charge in [0, 0.05) is 12.0 Å². The van der Waals surface area contributed by atoms with Crippen LogP contribution in [0.2, 0.25) is 0 Å². The molecular weight excluding hydrogens is 224 g/mol. The van der Waals surface area contributed by atoms with Crippen molar-refractivity contribution in [1.82, 2.24) is 20.5 Å². The summed E-state index contributed by atoms with van der Waals surface area (Å²) in [5.41, 5.74) is 1.07. The van der Waals surface area contributed by atoms with Gasteiger partial charge in [0.1, 0.15) is 5.82 Å². The fourth-order valence-electron chi connectivity index (χ4n) is 2.46. The maximum atomic E-state index is 4.59. The molecule has 0 radical (unpaired) electrons. The van der Waals surface area contributed by atoms with Gasteiger partial charge in [0.15, 0.2) is 5.82 Å². The van der Waals surface area contributed by atoms with Crippen LogP contribution in [0.4, 0.5) is 0 Å².